The molecular weight excluding hydrogens is 250 g/mol. The van der Waals surface area contributed by atoms with Crippen LogP contribution < -0.4 is 4.74 Å². The Morgan fingerprint density at radius 2 is 2.28 bits per heavy atom. The van der Waals surface area contributed by atoms with Crippen molar-refractivity contribution in [2.24, 2.45) is 0 Å². The first-order valence-electron chi connectivity index (χ1n) is 6.02. The Morgan fingerprint density at radius 3 is 2.94 bits per heavy atom. The third kappa shape index (κ3) is 2.96. The summed E-state index contributed by atoms with van der Waals surface area (Å²) in [4.78, 5) is 14.8. The van der Waals surface area contributed by atoms with E-state index in [4.69, 9.17) is 9.47 Å². The van der Waals surface area contributed by atoms with Crippen LogP contribution in [-0.4, -0.2) is 36.3 Å². The maximum absolute atomic E-state index is 12.0. The summed E-state index contributed by atoms with van der Waals surface area (Å²) >= 11 is 1.67. The predicted octanol–water partition coefficient (Wildman–Crippen LogP) is 2.92. The molecule has 0 bridgehead atoms. The topological polar surface area (TPSA) is 38.8 Å². The van der Waals surface area contributed by atoms with Gasteiger partial charge >= 0.3 is 6.09 Å². The maximum Gasteiger partial charge on any atom is 0.410 e. The molecule has 0 N–H and O–H groups in total. The molecule has 0 aliphatic carbocycles. The van der Waals surface area contributed by atoms with E-state index in [1.807, 2.05) is 32.2 Å². The van der Waals surface area contributed by atoms with Crippen molar-refractivity contribution >= 4 is 17.4 Å². The van der Waals surface area contributed by atoms with Crippen LogP contribution in [0, 0.1) is 0 Å². The largest absolute Gasteiger partial charge is 0.490 e. The van der Waals surface area contributed by atoms with Gasteiger partial charge in [0.1, 0.15) is 18.0 Å². The van der Waals surface area contributed by atoms with Crippen molar-refractivity contribution in [2.75, 3.05) is 13.7 Å². The number of rotatable bonds is 1. The van der Waals surface area contributed by atoms with Crippen LogP contribution in [0.3, 0.4) is 0 Å². The van der Waals surface area contributed by atoms with E-state index in [0.29, 0.717) is 6.61 Å². The molecule has 5 heteroatoms. The van der Waals surface area contributed by atoms with Gasteiger partial charge in [-0.15, -0.1) is 11.3 Å². The summed E-state index contributed by atoms with van der Waals surface area (Å²) in [6, 6.07) is 2.02. The van der Waals surface area contributed by atoms with Gasteiger partial charge < -0.3 is 14.4 Å². The van der Waals surface area contributed by atoms with Crippen LogP contribution in [0.1, 0.15) is 25.6 Å². The fourth-order valence-corrected chi connectivity index (χ4v) is 2.68. The van der Waals surface area contributed by atoms with Crippen molar-refractivity contribution in [3.63, 3.8) is 0 Å². The van der Waals surface area contributed by atoms with Gasteiger partial charge in [0.15, 0.2) is 0 Å². The molecule has 1 aromatic heterocycles. The third-order valence-electron chi connectivity index (χ3n) is 2.79. The molecule has 4 nitrogen and oxygen atoms in total. The Hall–Kier alpha value is -1.23. The van der Waals surface area contributed by atoms with Gasteiger partial charge in [0.25, 0.3) is 0 Å². The first-order valence-corrected chi connectivity index (χ1v) is 6.90. The van der Waals surface area contributed by atoms with Crippen LogP contribution in [0.25, 0.3) is 0 Å². The van der Waals surface area contributed by atoms with E-state index in [-0.39, 0.29) is 12.1 Å². The van der Waals surface area contributed by atoms with E-state index < -0.39 is 5.60 Å². The Labute approximate surface area is 111 Å². The second-order valence-electron chi connectivity index (χ2n) is 5.47. The smallest absolute Gasteiger partial charge is 0.410 e. The van der Waals surface area contributed by atoms with Gasteiger partial charge in [-0.25, -0.2) is 4.79 Å². The molecule has 0 aromatic carbocycles. The van der Waals surface area contributed by atoms with Crippen LogP contribution in [0.15, 0.2) is 11.4 Å². The van der Waals surface area contributed by atoms with Crippen molar-refractivity contribution in [3.05, 3.63) is 16.3 Å². The number of carbonyl (C=O) groups is 1. The minimum absolute atomic E-state index is 0.0472. The van der Waals surface area contributed by atoms with Crippen molar-refractivity contribution < 1.29 is 14.3 Å². The molecule has 2 rings (SSSR count). The highest BCUT2D eigenvalue weighted by molar-refractivity contribution is 7.10. The molecule has 0 radical (unpaired) electrons. The molecule has 1 aromatic rings. The average Bonchev–Trinajstić information content (AvgIpc) is 2.72. The van der Waals surface area contributed by atoms with Crippen LogP contribution in [0.2, 0.25) is 0 Å². The third-order valence-corrected chi connectivity index (χ3v) is 3.71. The molecule has 18 heavy (non-hydrogen) atoms. The van der Waals surface area contributed by atoms with E-state index in [0.717, 1.165) is 12.2 Å². The molecule has 0 saturated heterocycles. The second kappa shape index (κ2) is 4.80. The number of hydrogen-bond acceptors (Lipinski definition) is 4. The van der Waals surface area contributed by atoms with Crippen LogP contribution in [0.4, 0.5) is 4.79 Å². The molecule has 0 saturated carbocycles. The minimum Gasteiger partial charge on any atom is -0.490 e. The second-order valence-corrected chi connectivity index (χ2v) is 6.47. The van der Waals surface area contributed by atoms with Crippen LogP contribution in [0.5, 0.6) is 5.75 Å². The molecule has 1 aliphatic rings. The number of hydrogen-bond donors (Lipinski definition) is 0. The maximum atomic E-state index is 12.0. The molecule has 100 valence electrons. The summed E-state index contributed by atoms with van der Waals surface area (Å²) in [6.45, 7) is 6.13. The number of ether oxygens (including phenoxy) is 2. The fraction of sp³-hybridized carbons (Fsp3) is 0.615. The van der Waals surface area contributed by atoms with Gasteiger partial charge in [0, 0.05) is 18.3 Å². The van der Waals surface area contributed by atoms with Gasteiger partial charge in [0.2, 0.25) is 0 Å². The lowest BCUT2D eigenvalue weighted by Gasteiger charge is -2.32. The molecule has 2 heterocycles. The summed E-state index contributed by atoms with van der Waals surface area (Å²) < 4.78 is 11.0. The summed E-state index contributed by atoms with van der Waals surface area (Å²) in [5, 5.41) is 2.01. The molecular formula is C13H19NO3S. The summed E-state index contributed by atoms with van der Waals surface area (Å²) in [7, 11) is 1.76. The zero-order valence-electron chi connectivity index (χ0n) is 11.2. The Bertz CT molecular complexity index is 436. The van der Waals surface area contributed by atoms with Crippen LogP contribution >= 0.6 is 11.3 Å². The molecule has 1 amide bonds. The zero-order chi connectivity index (χ0) is 13.3. The average molecular weight is 269 g/mol. The Kier molecular flexibility index (Phi) is 3.52. The van der Waals surface area contributed by atoms with Gasteiger partial charge in [-0.1, -0.05) is 0 Å². The van der Waals surface area contributed by atoms with Gasteiger partial charge in [0.05, 0.1) is 6.04 Å². The fourth-order valence-electron chi connectivity index (χ4n) is 1.80. The number of nitrogens with zero attached hydrogens (tertiary/aromatic N) is 1. The molecule has 0 fully saturated rings. The Balaban J connectivity index is 1.99. The van der Waals surface area contributed by atoms with Crippen molar-refractivity contribution in [3.8, 4) is 5.75 Å². The highest BCUT2D eigenvalue weighted by Crippen LogP contribution is 2.31. The summed E-state index contributed by atoms with van der Waals surface area (Å²) in [5.74, 6) is 0.953. The van der Waals surface area contributed by atoms with Gasteiger partial charge in [-0.2, -0.15) is 0 Å². The minimum atomic E-state index is -0.463. The van der Waals surface area contributed by atoms with Gasteiger partial charge in [-0.3, -0.25) is 0 Å². The molecule has 1 aliphatic heterocycles. The van der Waals surface area contributed by atoms with E-state index in [1.54, 1.807) is 23.3 Å². The summed E-state index contributed by atoms with van der Waals surface area (Å²) in [5.41, 5.74) is -0.463. The lowest BCUT2D eigenvalue weighted by molar-refractivity contribution is 0.0161. The molecule has 1 atom stereocenters. The monoisotopic (exact) mass is 269 g/mol. The highest BCUT2D eigenvalue weighted by Gasteiger charge is 2.29. The number of amides is 1. The predicted molar refractivity (Wildman–Crippen MR) is 71.3 cm³/mol. The van der Waals surface area contributed by atoms with E-state index in [9.17, 15) is 4.79 Å². The normalized spacial score (nSPS) is 18.8. The first kappa shape index (κ1) is 13.2. The van der Waals surface area contributed by atoms with Crippen molar-refractivity contribution in [1.29, 1.82) is 0 Å². The molecule has 0 spiro atoms. The van der Waals surface area contributed by atoms with Crippen molar-refractivity contribution in [1.82, 2.24) is 4.90 Å². The highest BCUT2D eigenvalue weighted by atomic mass is 32.1. The van der Waals surface area contributed by atoms with E-state index >= 15 is 0 Å². The number of fused-ring (bicyclic) bond motifs is 1. The number of thiophene rings is 1. The summed E-state index contributed by atoms with van der Waals surface area (Å²) in [6.07, 6.45) is 0.541. The zero-order valence-corrected chi connectivity index (χ0v) is 12.0. The van der Waals surface area contributed by atoms with Crippen LogP contribution in [-0.2, 0) is 11.2 Å². The van der Waals surface area contributed by atoms with E-state index in [2.05, 4.69) is 0 Å². The standard InChI is InChI=1S/C13H19NO3S/c1-13(2,3)17-12(15)14(4)9-7-11-10(16-8-9)5-6-18-11/h5-6,9H,7-8H2,1-4H3. The number of likely N-dealkylation sites (N-methyl/N-ethyl adjacent to an activating group) is 1. The van der Waals surface area contributed by atoms with E-state index in [1.165, 1.54) is 4.88 Å². The van der Waals surface area contributed by atoms with Crippen molar-refractivity contribution in [2.45, 2.75) is 38.8 Å². The number of carbonyl (C=O) groups excluding carboxylic acids is 1. The van der Waals surface area contributed by atoms with Gasteiger partial charge in [-0.05, 0) is 32.2 Å². The lowest BCUT2D eigenvalue weighted by Crippen LogP contribution is -2.45. The molecule has 1 unspecified atom stereocenters. The Morgan fingerprint density at radius 1 is 1.56 bits per heavy atom. The quantitative estimate of drug-likeness (QED) is 0.787. The SMILES string of the molecule is CN(C(=O)OC(C)(C)C)C1COc2ccsc2C1. The first-order chi connectivity index (χ1) is 8.37. The lowest BCUT2D eigenvalue weighted by atomic mass is 10.1.